The van der Waals surface area contributed by atoms with Crippen LogP contribution in [0.3, 0.4) is 0 Å². The Hall–Kier alpha value is -0.240. The van der Waals surface area contributed by atoms with E-state index < -0.39 is 18.2 Å². The molecule has 0 amide bonds. The molecule has 1 N–H and O–H groups in total. The van der Waals surface area contributed by atoms with Gasteiger partial charge in [0, 0.05) is 14.2 Å². The van der Waals surface area contributed by atoms with Crippen LogP contribution in [0.1, 0.15) is 13.8 Å². The zero-order valence-corrected chi connectivity index (χ0v) is 10.6. The van der Waals surface area contributed by atoms with E-state index in [1.54, 1.807) is 7.11 Å². The van der Waals surface area contributed by atoms with E-state index in [4.69, 9.17) is 23.7 Å². The lowest BCUT2D eigenvalue weighted by Crippen LogP contribution is -2.58. The number of ether oxygens (including phenoxy) is 5. The van der Waals surface area contributed by atoms with Gasteiger partial charge in [0.15, 0.2) is 12.1 Å². The summed E-state index contributed by atoms with van der Waals surface area (Å²) in [6, 6.07) is 0. The van der Waals surface area contributed by atoms with Crippen LogP contribution >= 0.6 is 0 Å². The molecule has 0 saturated carbocycles. The number of aliphatic hydroxyl groups excluding tert-OH is 1. The molecule has 2 fully saturated rings. The van der Waals surface area contributed by atoms with E-state index in [2.05, 4.69) is 0 Å². The minimum Gasteiger partial charge on any atom is -0.394 e. The number of hydrogen-bond acceptors (Lipinski definition) is 6. The highest BCUT2D eigenvalue weighted by molar-refractivity contribution is 4.97. The number of methoxy groups -OCH3 is 2. The molecule has 5 atom stereocenters. The molecule has 6 nitrogen and oxygen atoms in total. The van der Waals surface area contributed by atoms with Crippen LogP contribution in [0.5, 0.6) is 0 Å². The van der Waals surface area contributed by atoms with Crippen LogP contribution in [0.25, 0.3) is 0 Å². The predicted octanol–water partition coefficient (Wildman–Crippen LogP) is -0.115. The van der Waals surface area contributed by atoms with Gasteiger partial charge in [-0.05, 0) is 13.8 Å². The first kappa shape index (κ1) is 13.2. The second-order valence-corrected chi connectivity index (χ2v) is 4.73. The predicted molar refractivity (Wildman–Crippen MR) is 57.4 cm³/mol. The topological polar surface area (TPSA) is 66.4 Å². The van der Waals surface area contributed by atoms with E-state index in [1.165, 1.54) is 7.11 Å². The first-order valence-corrected chi connectivity index (χ1v) is 5.70. The molecular formula is C11H20O6. The lowest BCUT2D eigenvalue weighted by molar-refractivity contribution is -0.279. The Morgan fingerprint density at radius 1 is 1.12 bits per heavy atom. The average molecular weight is 248 g/mol. The minimum absolute atomic E-state index is 0.142. The Morgan fingerprint density at radius 2 is 1.76 bits per heavy atom. The molecular weight excluding hydrogens is 228 g/mol. The van der Waals surface area contributed by atoms with Crippen molar-refractivity contribution in [1.82, 2.24) is 0 Å². The molecule has 0 bridgehead atoms. The third kappa shape index (κ3) is 2.33. The Kier molecular flexibility index (Phi) is 3.72. The summed E-state index contributed by atoms with van der Waals surface area (Å²) in [4.78, 5) is 0. The van der Waals surface area contributed by atoms with Gasteiger partial charge in [0.05, 0.1) is 6.61 Å². The fraction of sp³-hybridized carbons (Fsp3) is 1.00. The molecule has 2 saturated heterocycles. The van der Waals surface area contributed by atoms with E-state index in [1.807, 2.05) is 13.8 Å². The highest BCUT2D eigenvalue weighted by Crippen LogP contribution is 2.38. The lowest BCUT2D eigenvalue weighted by Gasteiger charge is -2.40. The largest absolute Gasteiger partial charge is 0.394 e. The van der Waals surface area contributed by atoms with Crippen LogP contribution in [0.4, 0.5) is 0 Å². The first-order chi connectivity index (χ1) is 8.02. The molecule has 0 radical (unpaired) electrons. The molecule has 0 unspecified atom stereocenters. The third-order valence-corrected chi connectivity index (χ3v) is 3.12. The van der Waals surface area contributed by atoms with Crippen molar-refractivity contribution in [2.24, 2.45) is 0 Å². The average Bonchev–Trinajstić information content (AvgIpc) is 2.61. The van der Waals surface area contributed by atoms with Crippen LogP contribution in [0.2, 0.25) is 0 Å². The van der Waals surface area contributed by atoms with Crippen molar-refractivity contribution < 1.29 is 28.8 Å². The number of hydrogen-bond donors (Lipinski definition) is 1. The normalized spacial score (nSPS) is 44.6. The highest BCUT2D eigenvalue weighted by Gasteiger charge is 2.55. The van der Waals surface area contributed by atoms with Crippen molar-refractivity contribution in [3.05, 3.63) is 0 Å². The van der Waals surface area contributed by atoms with Crippen LogP contribution in [0.15, 0.2) is 0 Å². The monoisotopic (exact) mass is 248 g/mol. The second-order valence-electron chi connectivity index (χ2n) is 4.73. The molecule has 100 valence electrons. The maximum atomic E-state index is 9.32. The molecule has 0 aromatic carbocycles. The van der Waals surface area contributed by atoms with Crippen molar-refractivity contribution in [3.8, 4) is 0 Å². The SMILES string of the molecule is CO[C@H]1O[C@H](CO)[C@@H]2OC(C)(C)O[C@@H]2[C@H]1OC. The van der Waals surface area contributed by atoms with Gasteiger partial charge in [-0.2, -0.15) is 0 Å². The van der Waals surface area contributed by atoms with Gasteiger partial charge >= 0.3 is 0 Å². The quantitative estimate of drug-likeness (QED) is 0.751. The smallest absolute Gasteiger partial charge is 0.186 e. The van der Waals surface area contributed by atoms with Gasteiger partial charge in [0.2, 0.25) is 0 Å². The zero-order chi connectivity index (χ0) is 12.6. The van der Waals surface area contributed by atoms with E-state index in [-0.39, 0.29) is 24.9 Å². The Balaban J connectivity index is 2.21. The van der Waals surface area contributed by atoms with E-state index in [0.29, 0.717) is 0 Å². The second kappa shape index (κ2) is 4.79. The van der Waals surface area contributed by atoms with Crippen LogP contribution in [-0.4, -0.2) is 62.4 Å². The van der Waals surface area contributed by atoms with Gasteiger partial charge in [0.25, 0.3) is 0 Å². The Bertz CT molecular complexity index is 269. The van der Waals surface area contributed by atoms with Crippen LogP contribution < -0.4 is 0 Å². The van der Waals surface area contributed by atoms with Gasteiger partial charge in [-0.1, -0.05) is 0 Å². The van der Waals surface area contributed by atoms with Crippen LogP contribution in [-0.2, 0) is 23.7 Å². The fourth-order valence-electron chi connectivity index (χ4n) is 2.42. The maximum Gasteiger partial charge on any atom is 0.186 e. The molecule has 17 heavy (non-hydrogen) atoms. The summed E-state index contributed by atoms with van der Waals surface area (Å²) in [6.45, 7) is 3.51. The van der Waals surface area contributed by atoms with Crippen molar-refractivity contribution in [1.29, 1.82) is 0 Å². The summed E-state index contributed by atoms with van der Waals surface area (Å²) >= 11 is 0. The number of aliphatic hydroxyl groups is 1. The Labute approximate surface area is 101 Å². The van der Waals surface area contributed by atoms with E-state index >= 15 is 0 Å². The molecule has 0 aromatic rings. The van der Waals surface area contributed by atoms with E-state index in [9.17, 15) is 5.11 Å². The molecule has 6 heteroatoms. The Morgan fingerprint density at radius 3 is 2.29 bits per heavy atom. The third-order valence-electron chi connectivity index (χ3n) is 3.12. The molecule has 0 aliphatic carbocycles. The summed E-state index contributed by atoms with van der Waals surface area (Å²) in [5, 5.41) is 9.32. The van der Waals surface area contributed by atoms with E-state index in [0.717, 1.165) is 0 Å². The van der Waals surface area contributed by atoms with Crippen molar-refractivity contribution in [2.75, 3.05) is 20.8 Å². The molecule has 2 aliphatic heterocycles. The van der Waals surface area contributed by atoms with Gasteiger partial charge in [-0.3, -0.25) is 0 Å². The molecule has 0 spiro atoms. The summed E-state index contributed by atoms with van der Waals surface area (Å²) in [5.74, 6) is -0.703. The lowest BCUT2D eigenvalue weighted by atomic mass is 9.99. The van der Waals surface area contributed by atoms with Crippen molar-refractivity contribution in [2.45, 2.75) is 50.3 Å². The highest BCUT2D eigenvalue weighted by atomic mass is 16.8. The summed E-state index contributed by atoms with van der Waals surface area (Å²) in [5.41, 5.74) is 0. The summed E-state index contributed by atoms with van der Waals surface area (Å²) in [6.07, 6.45) is -2.03. The first-order valence-electron chi connectivity index (χ1n) is 5.70. The standard InChI is InChI=1S/C11H20O6/c1-11(2)16-7-6(5-12)15-10(14-4)9(13-3)8(7)17-11/h6-10,12H,5H2,1-4H3/t6-,7+,8+,9-,10+/m1/s1. The number of fused-ring (bicyclic) bond motifs is 1. The fourth-order valence-corrected chi connectivity index (χ4v) is 2.42. The van der Waals surface area contributed by atoms with Gasteiger partial charge in [-0.15, -0.1) is 0 Å². The van der Waals surface area contributed by atoms with Gasteiger partial charge in [0.1, 0.15) is 24.4 Å². The molecule has 0 aromatic heterocycles. The molecule has 2 rings (SSSR count). The van der Waals surface area contributed by atoms with Gasteiger partial charge < -0.3 is 28.8 Å². The zero-order valence-electron chi connectivity index (χ0n) is 10.6. The molecule has 2 heterocycles. The van der Waals surface area contributed by atoms with Gasteiger partial charge in [-0.25, -0.2) is 0 Å². The van der Waals surface area contributed by atoms with Crippen molar-refractivity contribution in [3.63, 3.8) is 0 Å². The summed E-state index contributed by atoms with van der Waals surface area (Å²) < 4.78 is 27.7. The number of rotatable bonds is 3. The summed E-state index contributed by atoms with van der Waals surface area (Å²) in [7, 11) is 3.11. The van der Waals surface area contributed by atoms with Crippen molar-refractivity contribution >= 4 is 0 Å². The molecule has 2 aliphatic rings. The maximum absolute atomic E-state index is 9.32. The minimum atomic E-state index is -0.703. The van der Waals surface area contributed by atoms with Crippen LogP contribution in [0, 0.1) is 0 Å².